The normalized spacial score (nSPS) is 11.5. The zero-order chi connectivity index (χ0) is 19.1. The fourth-order valence-electron chi connectivity index (χ4n) is 2.92. The molecule has 0 spiro atoms. The van der Waals surface area contributed by atoms with Crippen molar-refractivity contribution in [3.8, 4) is 11.5 Å². The molecular weight excluding hydrogens is 338 g/mol. The van der Waals surface area contributed by atoms with Crippen molar-refractivity contribution in [2.24, 2.45) is 0 Å². The molecule has 3 rings (SSSR count). The highest BCUT2D eigenvalue weighted by Crippen LogP contribution is 2.25. The van der Waals surface area contributed by atoms with Crippen LogP contribution in [0.2, 0.25) is 0 Å². The number of amides is 1. The molecule has 4 nitrogen and oxygen atoms in total. The van der Waals surface area contributed by atoms with Crippen molar-refractivity contribution in [1.82, 2.24) is 5.32 Å². The van der Waals surface area contributed by atoms with E-state index in [1.165, 1.54) is 0 Å². The van der Waals surface area contributed by atoms with Gasteiger partial charge in [0, 0.05) is 16.7 Å². The quantitative estimate of drug-likeness (QED) is 0.660. The summed E-state index contributed by atoms with van der Waals surface area (Å²) in [5.41, 5.74) is 2.38. The maximum Gasteiger partial charge on any atom is 0.252 e. The zero-order valence-electron chi connectivity index (χ0n) is 15.5. The van der Waals surface area contributed by atoms with Crippen molar-refractivity contribution >= 4 is 5.91 Å². The van der Waals surface area contributed by atoms with Gasteiger partial charge in [0.1, 0.15) is 18.1 Å². The summed E-state index contributed by atoms with van der Waals surface area (Å²) in [4.78, 5) is 12.9. The van der Waals surface area contributed by atoms with E-state index in [2.05, 4.69) is 5.32 Å². The van der Waals surface area contributed by atoms with Crippen molar-refractivity contribution in [3.63, 3.8) is 0 Å². The molecule has 0 aromatic heterocycles. The zero-order valence-corrected chi connectivity index (χ0v) is 15.5. The van der Waals surface area contributed by atoms with Crippen molar-refractivity contribution < 1.29 is 14.3 Å². The van der Waals surface area contributed by atoms with Gasteiger partial charge in [-0.05, 0) is 31.2 Å². The summed E-state index contributed by atoms with van der Waals surface area (Å²) in [6, 6.07) is 24.6. The molecular formula is C23H23NO3. The number of nitrogens with one attached hydrogen (secondary N) is 1. The van der Waals surface area contributed by atoms with Crippen LogP contribution in [0.25, 0.3) is 0 Å². The molecule has 3 aromatic carbocycles. The van der Waals surface area contributed by atoms with E-state index in [0.29, 0.717) is 12.2 Å². The highest BCUT2D eigenvalue weighted by atomic mass is 16.5. The number of hydrogen-bond acceptors (Lipinski definition) is 3. The summed E-state index contributed by atoms with van der Waals surface area (Å²) < 4.78 is 11.2. The molecule has 1 N–H and O–H groups in total. The Morgan fingerprint density at radius 2 is 1.59 bits per heavy atom. The van der Waals surface area contributed by atoms with Gasteiger partial charge in [0.25, 0.3) is 5.91 Å². The van der Waals surface area contributed by atoms with Gasteiger partial charge in [-0.25, -0.2) is 0 Å². The molecule has 1 atom stereocenters. The van der Waals surface area contributed by atoms with E-state index in [0.717, 1.165) is 22.6 Å². The van der Waals surface area contributed by atoms with Gasteiger partial charge in [-0.3, -0.25) is 4.79 Å². The summed E-state index contributed by atoms with van der Waals surface area (Å²) >= 11 is 0. The Balaban J connectivity index is 1.73. The summed E-state index contributed by atoms with van der Waals surface area (Å²) in [6.45, 7) is 2.27. The van der Waals surface area contributed by atoms with Crippen molar-refractivity contribution in [2.75, 3.05) is 7.11 Å². The molecule has 27 heavy (non-hydrogen) atoms. The first kappa shape index (κ1) is 18.5. The molecule has 0 aliphatic carbocycles. The minimum absolute atomic E-state index is 0.138. The third-order valence-corrected chi connectivity index (χ3v) is 4.35. The number of ether oxygens (including phenoxy) is 2. The van der Waals surface area contributed by atoms with E-state index in [4.69, 9.17) is 9.47 Å². The Morgan fingerprint density at radius 1 is 0.926 bits per heavy atom. The largest absolute Gasteiger partial charge is 0.496 e. The smallest absolute Gasteiger partial charge is 0.252 e. The van der Waals surface area contributed by atoms with Crippen LogP contribution in [0.5, 0.6) is 11.5 Å². The standard InChI is InChI=1S/C23H23NO3/c1-17(20-13-8-9-15-22(20)26-2)24-23(25)21-14-7-6-10-18(21)16-27-19-11-4-3-5-12-19/h3-15,17H,16H2,1-2H3,(H,24,25)/t17-/m1/s1. The topological polar surface area (TPSA) is 47.6 Å². The van der Waals surface area contributed by atoms with Crippen LogP contribution in [-0.2, 0) is 6.61 Å². The lowest BCUT2D eigenvalue weighted by Gasteiger charge is -2.18. The van der Waals surface area contributed by atoms with Gasteiger partial charge < -0.3 is 14.8 Å². The SMILES string of the molecule is COc1ccccc1[C@@H](C)NC(=O)c1ccccc1COc1ccccc1. The first-order valence-electron chi connectivity index (χ1n) is 8.88. The fourth-order valence-corrected chi connectivity index (χ4v) is 2.92. The average Bonchev–Trinajstić information content (AvgIpc) is 2.73. The minimum Gasteiger partial charge on any atom is -0.496 e. The molecule has 0 radical (unpaired) electrons. The van der Waals surface area contributed by atoms with Gasteiger partial charge in [-0.1, -0.05) is 54.6 Å². The van der Waals surface area contributed by atoms with Gasteiger partial charge in [0.05, 0.1) is 13.2 Å². The molecule has 1 amide bonds. The molecule has 0 heterocycles. The number of benzene rings is 3. The Hall–Kier alpha value is -3.27. The van der Waals surface area contributed by atoms with Crippen molar-refractivity contribution in [1.29, 1.82) is 0 Å². The van der Waals surface area contributed by atoms with Crippen LogP contribution in [-0.4, -0.2) is 13.0 Å². The van der Waals surface area contributed by atoms with Gasteiger partial charge in [-0.2, -0.15) is 0 Å². The molecule has 0 saturated carbocycles. The van der Waals surface area contributed by atoms with Crippen LogP contribution >= 0.6 is 0 Å². The Morgan fingerprint density at radius 3 is 2.37 bits per heavy atom. The number of rotatable bonds is 7. The van der Waals surface area contributed by atoms with Crippen LogP contribution in [0.1, 0.15) is 34.5 Å². The molecule has 4 heteroatoms. The summed E-state index contributed by atoms with van der Waals surface area (Å²) in [5, 5.41) is 3.05. The molecule has 138 valence electrons. The Labute approximate surface area is 159 Å². The molecule has 0 aliphatic rings. The van der Waals surface area contributed by atoms with Crippen LogP contribution < -0.4 is 14.8 Å². The van der Waals surface area contributed by atoms with Gasteiger partial charge in [0.15, 0.2) is 0 Å². The third-order valence-electron chi connectivity index (χ3n) is 4.35. The molecule has 0 unspecified atom stereocenters. The lowest BCUT2D eigenvalue weighted by atomic mass is 10.0. The average molecular weight is 361 g/mol. The molecule has 0 bridgehead atoms. The van der Waals surface area contributed by atoms with Crippen LogP contribution in [0, 0.1) is 0 Å². The maximum atomic E-state index is 12.9. The summed E-state index contributed by atoms with van der Waals surface area (Å²) in [7, 11) is 1.63. The highest BCUT2D eigenvalue weighted by molar-refractivity contribution is 5.95. The fraction of sp³-hybridized carbons (Fsp3) is 0.174. The van der Waals surface area contributed by atoms with E-state index in [9.17, 15) is 4.79 Å². The number of methoxy groups -OCH3 is 1. The van der Waals surface area contributed by atoms with Crippen molar-refractivity contribution in [3.05, 3.63) is 95.6 Å². The third kappa shape index (κ3) is 4.67. The second-order valence-electron chi connectivity index (χ2n) is 6.20. The molecule has 3 aromatic rings. The van der Waals surface area contributed by atoms with Crippen LogP contribution in [0.3, 0.4) is 0 Å². The van der Waals surface area contributed by atoms with Crippen LogP contribution in [0.4, 0.5) is 0 Å². The van der Waals surface area contributed by atoms with Crippen LogP contribution in [0.15, 0.2) is 78.9 Å². The Bertz CT molecular complexity index is 893. The minimum atomic E-state index is -0.184. The van der Waals surface area contributed by atoms with E-state index in [1.54, 1.807) is 7.11 Å². The van der Waals surface area contributed by atoms with E-state index in [-0.39, 0.29) is 11.9 Å². The van der Waals surface area contributed by atoms with Gasteiger partial charge >= 0.3 is 0 Å². The monoisotopic (exact) mass is 361 g/mol. The molecule has 0 aliphatic heterocycles. The number of carbonyl (C=O) groups is 1. The van der Waals surface area contributed by atoms with Gasteiger partial charge in [-0.15, -0.1) is 0 Å². The predicted molar refractivity (Wildman–Crippen MR) is 106 cm³/mol. The predicted octanol–water partition coefficient (Wildman–Crippen LogP) is 4.77. The highest BCUT2D eigenvalue weighted by Gasteiger charge is 2.17. The Kier molecular flexibility index (Phi) is 6.10. The van der Waals surface area contributed by atoms with E-state index >= 15 is 0 Å². The molecule has 0 saturated heterocycles. The lowest BCUT2D eigenvalue weighted by molar-refractivity contribution is 0.0937. The number of hydrogen-bond donors (Lipinski definition) is 1. The lowest BCUT2D eigenvalue weighted by Crippen LogP contribution is -2.28. The maximum absolute atomic E-state index is 12.9. The summed E-state index contributed by atoms with van der Waals surface area (Å²) in [5.74, 6) is 1.39. The number of carbonyl (C=O) groups excluding carboxylic acids is 1. The molecule has 0 fully saturated rings. The van der Waals surface area contributed by atoms with Crippen molar-refractivity contribution in [2.45, 2.75) is 19.6 Å². The second-order valence-corrected chi connectivity index (χ2v) is 6.20. The van der Waals surface area contributed by atoms with E-state index in [1.807, 2.05) is 85.8 Å². The second kappa shape index (κ2) is 8.90. The number of para-hydroxylation sites is 2. The van der Waals surface area contributed by atoms with E-state index < -0.39 is 0 Å². The first-order valence-corrected chi connectivity index (χ1v) is 8.88. The first-order chi connectivity index (χ1) is 13.2. The van der Waals surface area contributed by atoms with Gasteiger partial charge in [0.2, 0.25) is 0 Å². The summed E-state index contributed by atoms with van der Waals surface area (Å²) in [6.07, 6.45) is 0.